The van der Waals surface area contributed by atoms with Crippen molar-refractivity contribution in [2.75, 3.05) is 4.90 Å². The molecule has 0 heterocycles. The Morgan fingerprint density at radius 1 is 1.17 bits per heavy atom. The average molecular weight is 356 g/mol. The second-order valence-corrected chi connectivity index (χ2v) is 5.48. The van der Waals surface area contributed by atoms with Crippen LogP contribution in [-0.4, -0.2) is 17.5 Å². The normalized spacial score (nSPS) is 11.8. The van der Waals surface area contributed by atoms with E-state index < -0.39 is 18.0 Å². The van der Waals surface area contributed by atoms with Crippen LogP contribution in [0.25, 0.3) is 0 Å². The Morgan fingerprint density at radius 2 is 1.78 bits per heavy atom. The molecule has 7 heteroatoms. The van der Waals surface area contributed by atoms with Gasteiger partial charge in [0, 0.05) is 22.7 Å². The molecule has 0 radical (unpaired) electrons. The van der Waals surface area contributed by atoms with E-state index in [1.54, 1.807) is 30.3 Å². The fraction of sp³-hybridized carbons (Fsp3) is 0.125. The molecule has 0 saturated carbocycles. The first kappa shape index (κ1) is 17.2. The summed E-state index contributed by atoms with van der Waals surface area (Å²) in [6, 6.07) is 9.59. The summed E-state index contributed by atoms with van der Waals surface area (Å²) in [4.78, 5) is 23.6. The van der Waals surface area contributed by atoms with Gasteiger partial charge in [-0.05, 0) is 24.3 Å². The summed E-state index contributed by atoms with van der Waals surface area (Å²) in [5.41, 5.74) is 0.166. The zero-order chi connectivity index (χ0) is 17.0. The highest BCUT2D eigenvalue weighted by atomic mass is 35.5. The Hall–Kier alpha value is -2.11. The van der Waals surface area contributed by atoms with E-state index in [-0.39, 0.29) is 22.0 Å². The van der Waals surface area contributed by atoms with E-state index in [0.29, 0.717) is 12.0 Å². The molecule has 1 amide bonds. The number of para-hydroxylation sites is 1. The molecule has 0 aliphatic rings. The third-order valence-electron chi connectivity index (χ3n) is 3.28. The van der Waals surface area contributed by atoms with Crippen molar-refractivity contribution in [1.82, 2.24) is 0 Å². The second kappa shape index (κ2) is 7.44. The molecule has 2 aromatic rings. The summed E-state index contributed by atoms with van der Waals surface area (Å²) in [6.45, 7) is 0. The average Bonchev–Trinajstić information content (AvgIpc) is 2.52. The topological polar surface area (TPSA) is 57.6 Å². The van der Waals surface area contributed by atoms with Gasteiger partial charge < -0.3 is 9.90 Å². The molecule has 0 saturated heterocycles. The molecule has 120 valence electrons. The van der Waals surface area contributed by atoms with Crippen molar-refractivity contribution in [3.63, 3.8) is 0 Å². The lowest BCUT2D eigenvalue weighted by Gasteiger charge is -2.29. The van der Waals surface area contributed by atoms with Gasteiger partial charge in [0.15, 0.2) is 0 Å². The summed E-state index contributed by atoms with van der Waals surface area (Å²) in [6.07, 6.45) is -1.09. The van der Waals surface area contributed by atoms with Crippen molar-refractivity contribution in [3.05, 3.63) is 63.9 Å². The molecule has 0 aliphatic carbocycles. The molecule has 1 unspecified atom stereocenters. The zero-order valence-corrected chi connectivity index (χ0v) is 13.3. The Morgan fingerprint density at radius 3 is 2.35 bits per heavy atom. The lowest BCUT2D eigenvalue weighted by molar-refractivity contribution is -0.108. The van der Waals surface area contributed by atoms with Crippen molar-refractivity contribution in [1.29, 1.82) is 0 Å². The molecule has 4 nitrogen and oxygen atoms in total. The van der Waals surface area contributed by atoms with E-state index in [0.717, 1.165) is 4.90 Å². The van der Waals surface area contributed by atoms with E-state index >= 15 is 0 Å². The number of hydrogen-bond donors (Lipinski definition) is 1. The maximum absolute atomic E-state index is 14.4. The van der Waals surface area contributed by atoms with Gasteiger partial charge in [-0.25, -0.2) is 9.18 Å². The Labute approximate surface area is 142 Å². The predicted octanol–water partition coefficient (Wildman–Crippen LogP) is 4.95. The minimum atomic E-state index is -1.33. The molecule has 0 aromatic heterocycles. The third kappa shape index (κ3) is 3.63. The van der Waals surface area contributed by atoms with Gasteiger partial charge in [0.2, 0.25) is 0 Å². The summed E-state index contributed by atoms with van der Waals surface area (Å²) in [5, 5.41) is 9.35. The van der Waals surface area contributed by atoms with Gasteiger partial charge in [-0.2, -0.15) is 0 Å². The Bertz CT molecular complexity index is 725. The van der Waals surface area contributed by atoms with Gasteiger partial charge in [-0.15, -0.1) is 0 Å². The van der Waals surface area contributed by atoms with Crippen molar-refractivity contribution in [3.8, 4) is 0 Å². The number of rotatable bonds is 5. The molecule has 0 bridgehead atoms. The van der Waals surface area contributed by atoms with E-state index in [9.17, 15) is 19.1 Å². The van der Waals surface area contributed by atoms with Crippen molar-refractivity contribution in [2.24, 2.45) is 0 Å². The van der Waals surface area contributed by atoms with Gasteiger partial charge in [-0.1, -0.05) is 41.4 Å². The first-order chi connectivity index (χ1) is 11.0. The smallest absolute Gasteiger partial charge is 0.412 e. The highest BCUT2D eigenvalue weighted by molar-refractivity contribution is 6.33. The number of anilines is 1. The van der Waals surface area contributed by atoms with Crippen molar-refractivity contribution < 1.29 is 19.1 Å². The number of hydrogen-bond acceptors (Lipinski definition) is 2. The minimum absolute atomic E-state index is 0.000862. The fourth-order valence-corrected chi connectivity index (χ4v) is 2.74. The molecule has 2 rings (SSSR count). The number of carbonyl (C=O) groups is 2. The van der Waals surface area contributed by atoms with Gasteiger partial charge in [-0.3, -0.25) is 4.90 Å². The maximum Gasteiger partial charge on any atom is 0.412 e. The number of amides is 1. The lowest BCUT2D eigenvalue weighted by Crippen LogP contribution is -2.34. The lowest BCUT2D eigenvalue weighted by atomic mass is 10.0. The number of aldehydes is 1. The van der Waals surface area contributed by atoms with Gasteiger partial charge in [0.1, 0.15) is 12.1 Å². The number of benzene rings is 2. The highest BCUT2D eigenvalue weighted by Crippen LogP contribution is 2.37. The minimum Gasteiger partial charge on any atom is -0.465 e. The summed E-state index contributed by atoms with van der Waals surface area (Å²) in [7, 11) is 0. The highest BCUT2D eigenvalue weighted by Gasteiger charge is 2.31. The monoisotopic (exact) mass is 355 g/mol. The first-order valence-electron chi connectivity index (χ1n) is 6.61. The molecule has 1 N–H and O–H groups in total. The number of halogens is 3. The van der Waals surface area contributed by atoms with Crippen LogP contribution in [0, 0.1) is 5.82 Å². The number of nitrogens with zero attached hydrogens (tertiary/aromatic N) is 1. The molecule has 23 heavy (non-hydrogen) atoms. The second-order valence-electron chi connectivity index (χ2n) is 4.66. The SMILES string of the molecule is O=CCC(c1c(Cl)ccc(Cl)c1F)N(C(=O)O)c1ccccc1. The van der Waals surface area contributed by atoms with Crippen molar-refractivity contribution >= 4 is 41.3 Å². The van der Waals surface area contributed by atoms with Crippen LogP contribution in [0.2, 0.25) is 10.0 Å². The van der Waals surface area contributed by atoms with E-state index in [2.05, 4.69) is 0 Å². The Kier molecular flexibility index (Phi) is 5.58. The van der Waals surface area contributed by atoms with Crippen LogP contribution in [0.4, 0.5) is 14.9 Å². The molecule has 0 aliphatic heterocycles. The maximum atomic E-state index is 14.4. The molecular formula is C16H12Cl2FNO3. The van der Waals surface area contributed by atoms with Crippen LogP contribution in [0.3, 0.4) is 0 Å². The molecule has 1 atom stereocenters. The van der Waals surface area contributed by atoms with Crippen LogP contribution < -0.4 is 4.90 Å². The van der Waals surface area contributed by atoms with Crippen LogP contribution in [-0.2, 0) is 4.79 Å². The van der Waals surface area contributed by atoms with Gasteiger partial charge >= 0.3 is 6.09 Å². The standard InChI is InChI=1S/C16H12Cl2FNO3/c17-11-6-7-12(18)15(19)14(11)13(8-9-21)20(16(22)23)10-4-2-1-3-5-10/h1-7,9,13H,8H2,(H,22,23). The zero-order valence-electron chi connectivity index (χ0n) is 11.7. The predicted molar refractivity (Wildman–Crippen MR) is 86.8 cm³/mol. The van der Waals surface area contributed by atoms with Gasteiger partial charge in [0.25, 0.3) is 0 Å². The van der Waals surface area contributed by atoms with E-state index in [1.807, 2.05) is 0 Å². The molecule has 0 fully saturated rings. The summed E-state index contributed by atoms with van der Waals surface area (Å²) in [5.74, 6) is -0.840. The molecule has 2 aromatic carbocycles. The number of carboxylic acid groups (broad SMARTS) is 1. The van der Waals surface area contributed by atoms with Crippen LogP contribution in [0.1, 0.15) is 18.0 Å². The Balaban J connectivity index is 2.63. The van der Waals surface area contributed by atoms with Crippen molar-refractivity contribution in [2.45, 2.75) is 12.5 Å². The fourth-order valence-electron chi connectivity index (χ4n) is 2.30. The summed E-state index contributed by atoms with van der Waals surface area (Å²) >= 11 is 11.8. The number of carbonyl (C=O) groups excluding carboxylic acids is 1. The quantitative estimate of drug-likeness (QED) is 0.609. The van der Waals surface area contributed by atoms with Crippen LogP contribution in [0.15, 0.2) is 42.5 Å². The first-order valence-corrected chi connectivity index (χ1v) is 7.37. The molecule has 0 spiro atoms. The van der Waals surface area contributed by atoms with E-state index in [4.69, 9.17) is 23.2 Å². The third-order valence-corrected chi connectivity index (χ3v) is 3.91. The summed E-state index contributed by atoms with van der Waals surface area (Å²) < 4.78 is 14.4. The van der Waals surface area contributed by atoms with Gasteiger partial charge in [0.05, 0.1) is 11.1 Å². The van der Waals surface area contributed by atoms with Crippen LogP contribution in [0.5, 0.6) is 0 Å². The largest absolute Gasteiger partial charge is 0.465 e. The van der Waals surface area contributed by atoms with E-state index in [1.165, 1.54) is 12.1 Å². The van der Waals surface area contributed by atoms with Crippen LogP contribution >= 0.6 is 23.2 Å². The molecular weight excluding hydrogens is 344 g/mol.